The lowest BCUT2D eigenvalue weighted by Gasteiger charge is -2.13. The number of hydrogen-bond acceptors (Lipinski definition) is 8. The number of anilines is 1. The molecule has 11 heteroatoms. The Balaban J connectivity index is 0.000000151. The Morgan fingerprint density at radius 1 is 0.949 bits per heavy atom. The number of para-hydroxylation sites is 1. The number of rotatable bonds is 3. The number of benzene rings is 3. The Kier molecular flexibility index (Phi) is 6.47. The molecule has 3 N–H and O–H groups in total. The maximum absolute atomic E-state index is 12.5. The number of carbonyl (C=O) groups is 2. The van der Waals surface area contributed by atoms with Crippen molar-refractivity contribution in [2.45, 2.75) is 10.6 Å². The lowest BCUT2D eigenvalue weighted by atomic mass is 10.1. The van der Waals surface area contributed by atoms with Crippen molar-refractivity contribution in [1.82, 2.24) is 15.4 Å². The largest absolute Gasteiger partial charge is 0.463 e. The lowest BCUT2D eigenvalue weighted by Crippen LogP contribution is -2.14. The number of hydrogen-bond donors (Lipinski definition) is 2. The second-order valence-electron chi connectivity index (χ2n) is 8.50. The van der Waals surface area contributed by atoms with E-state index in [9.17, 15) is 9.59 Å². The van der Waals surface area contributed by atoms with Crippen molar-refractivity contribution < 1.29 is 18.5 Å². The minimum atomic E-state index is -0.604. The molecule has 2 amide bonds. The number of halogens is 1. The first-order valence-electron chi connectivity index (χ1n) is 11.7. The van der Waals surface area contributed by atoms with E-state index in [4.69, 9.17) is 26.3 Å². The number of thioether (sulfide) groups is 1. The highest BCUT2D eigenvalue weighted by atomic mass is 35.5. The molecule has 0 atom stereocenters. The van der Waals surface area contributed by atoms with Gasteiger partial charge in [-0.25, -0.2) is 0 Å². The molecule has 3 aliphatic rings. The van der Waals surface area contributed by atoms with Gasteiger partial charge in [0.1, 0.15) is 17.5 Å². The van der Waals surface area contributed by atoms with E-state index >= 15 is 0 Å². The van der Waals surface area contributed by atoms with Gasteiger partial charge in [-0.1, -0.05) is 47.1 Å². The van der Waals surface area contributed by atoms with E-state index in [1.807, 2.05) is 48.5 Å². The van der Waals surface area contributed by atoms with Crippen molar-refractivity contribution in [3.63, 3.8) is 0 Å². The minimum Gasteiger partial charge on any atom is -0.463 e. The maximum Gasteiger partial charge on any atom is 0.278 e. The Bertz CT molecular complexity index is 1830. The third-order valence-corrected chi connectivity index (χ3v) is 7.36. The maximum atomic E-state index is 12.5. The molecule has 0 radical (unpaired) electrons. The van der Waals surface area contributed by atoms with Crippen LogP contribution >= 0.6 is 23.4 Å². The minimum absolute atomic E-state index is 0.143. The number of nitrogens with one attached hydrogen (secondary N) is 1. The van der Waals surface area contributed by atoms with Crippen molar-refractivity contribution in [2.24, 2.45) is 5.73 Å². The Morgan fingerprint density at radius 2 is 1.77 bits per heavy atom. The summed E-state index contributed by atoms with van der Waals surface area (Å²) in [6.45, 7) is 0. The summed E-state index contributed by atoms with van der Waals surface area (Å²) in [5, 5.41) is 15.9. The fourth-order valence-corrected chi connectivity index (χ4v) is 5.47. The van der Waals surface area contributed by atoms with Crippen LogP contribution in [-0.4, -0.2) is 27.2 Å². The standard InChI is InChI=1S/C17H11ClN2O2S.C11H7N3O2/c18-10-4-3-5-11(8-10)19-17(21)15-13-9-23-14-7-2-1-6-12(14)16(13)22-20-15;12-11(15)10-7-5-16-8-4-2-1-3-6(8)9(7)13-14-10/h1-8H,9H2,(H,19,21);1-5H,(H2,12,15). The number of nitrogens with two attached hydrogens (primary N) is 1. The van der Waals surface area contributed by atoms with Crippen LogP contribution in [0.2, 0.25) is 5.02 Å². The van der Waals surface area contributed by atoms with Gasteiger partial charge >= 0.3 is 0 Å². The molecule has 0 spiro atoms. The van der Waals surface area contributed by atoms with Gasteiger partial charge in [0.05, 0.1) is 5.56 Å². The van der Waals surface area contributed by atoms with E-state index in [1.165, 1.54) is 6.26 Å². The van der Waals surface area contributed by atoms with E-state index in [-0.39, 0.29) is 11.6 Å². The molecule has 4 heterocycles. The molecule has 4 aromatic rings. The third-order valence-electron chi connectivity index (χ3n) is 6.03. The predicted octanol–water partition coefficient (Wildman–Crippen LogP) is 6.28. The first-order valence-corrected chi connectivity index (χ1v) is 13.1. The van der Waals surface area contributed by atoms with Crippen LogP contribution in [0.4, 0.5) is 5.69 Å². The van der Waals surface area contributed by atoms with E-state index < -0.39 is 5.91 Å². The SMILES string of the molecule is NC(=O)c1nnc2c3ccccc3occ1-2.O=C(Nc1cccc(Cl)c1)c1noc2c1CSc1ccccc1-2. The normalized spacial score (nSPS) is 11.8. The molecular formula is C28H18ClN5O4S. The van der Waals surface area contributed by atoms with Gasteiger partial charge in [-0.15, -0.1) is 22.0 Å². The van der Waals surface area contributed by atoms with Gasteiger partial charge in [0.25, 0.3) is 11.8 Å². The van der Waals surface area contributed by atoms with E-state index in [0.717, 1.165) is 21.4 Å². The first-order chi connectivity index (χ1) is 19.0. The number of fused-ring (bicyclic) bond motifs is 6. The summed E-state index contributed by atoms with van der Waals surface area (Å²) in [5.74, 6) is 0.439. The van der Waals surface area contributed by atoms with Crippen LogP contribution in [0, 0.1) is 0 Å². The number of carbonyl (C=O) groups excluding carboxylic acids is 2. The van der Waals surface area contributed by atoms with Gasteiger partial charge in [-0.05, 0) is 42.5 Å². The predicted molar refractivity (Wildman–Crippen MR) is 148 cm³/mol. The smallest absolute Gasteiger partial charge is 0.278 e. The highest BCUT2D eigenvalue weighted by Gasteiger charge is 2.28. The molecule has 7 rings (SSSR count). The van der Waals surface area contributed by atoms with Crippen LogP contribution < -0.4 is 11.1 Å². The highest BCUT2D eigenvalue weighted by Crippen LogP contribution is 2.42. The summed E-state index contributed by atoms with van der Waals surface area (Å²) in [6, 6.07) is 22.4. The molecule has 0 fully saturated rings. The second kappa shape index (κ2) is 10.2. The molecule has 0 saturated carbocycles. The number of nitrogens with zero attached hydrogens (tertiary/aromatic N) is 3. The highest BCUT2D eigenvalue weighted by molar-refractivity contribution is 7.98. The summed E-state index contributed by atoms with van der Waals surface area (Å²) < 4.78 is 10.8. The average Bonchev–Trinajstić information content (AvgIpc) is 3.59. The first kappa shape index (κ1) is 24.7. The fraction of sp³-hybridized carbons (Fsp3) is 0.0357. The topological polar surface area (TPSA) is 137 Å². The summed E-state index contributed by atoms with van der Waals surface area (Å²) in [4.78, 5) is 24.7. The molecule has 3 aliphatic heterocycles. The Labute approximate surface area is 230 Å². The molecule has 39 heavy (non-hydrogen) atoms. The van der Waals surface area contributed by atoms with Crippen LogP contribution in [-0.2, 0) is 5.75 Å². The van der Waals surface area contributed by atoms with Crippen molar-refractivity contribution >= 4 is 51.8 Å². The number of aromatic nitrogens is 3. The molecular weight excluding hydrogens is 538 g/mol. The summed E-state index contributed by atoms with van der Waals surface area (Å²) in [5.41, 5.74) is 9.97. The molecule has 0 saturated heterocycles. The molecule has 3 aromatic carbocycles. The zero-order chi connectivity index (χ0) is 26.9. The fourth-order valence-electron chi connectivity index (χ4n) is 4.22. The molecule has 0 bridgehead atoms. The van der Waals surface area contributed by atoms with Gasteiger partial charge in [-0.2, -0.15) is 0 Å². The van der Waals surface area contributed by atoms with E-state index in [1.54, 1.807) is 36.0 Å². The van der Waals surface area contributed by atoms with Crippen LogP contribution in [0.3, 0.4) is 0 Å². The molecule has 0 aliphatic carbocycles. The monoisotopic (exact) mass is 555 g/mol. The Morgan fingerprint density at radius 3 is 2.62 bits per heavy atom. The lowest BCUT2D eigenvalue weighted by molar-refractivity contribution is 0.0992. The van der Waals surface area contributed by atoms with Crippen LogP contribution in [0.1, 0.15) is 26.5 Å². The molecule has 1 aromatic heterocycles. The van der Waals surface area contributed by atoms with Crippen LogP contribution in [0.25, 0.3) is 33.6 Å². The van der Waals surface area contributed by atoms with Crippen LogP contribution in [0.5, 0.6) is 0 Å². The summed E-state index contributed by atoms with van der Waals surface area (Å²) in [7, 11) is 0. The van der Waals surface area contributed by atoms with Crippen LogP contribution in [0.15, 0.2) is 92.9 Å². The molecule has 9 nitrogen and oxygen atoms in total. The molecule has 0 unspecified atom stereocenters. The van der Waals surface area contributed by atoms with E-state index in [2.05, 4.69) is 20.7 Å². The van der Waals surface area contributed by atoms with Gasteiger partial charge in [0.15, 0.2) is 17.1 Å². The number of amides is 2. The van der Waals surface area contributed by atoms with Gasteiger partial charge in [0.2, 0.25) is 0 Å². The van der Waals surface area contributed by atoms with Crippen molar-refractivity contribution in [3.8, 4) is 22.6 Å². The quantitative estimate of drug-likeness (QED) is 0.260. The number of primary amides is 1. The Hall–Kier alpha value is -4.67. The summed E-state index contributed by atoms with van der Waals surface area (Å²) >= 11 is 7.61. The van der Waals surface area contributed by atoms with Gasteiger partial charge in [0, 0.05) is 37.9 Å². The third kappa shape index (κ3) is 4.71. The van der Waals surface area contributed by atoms with Gasteiger partial charge in [-0.3, -0.25) is 9.59 Å². The van der Waals surface area contributed by atoms with Crippen molar-refractivity contribution in [3.05, 3.63) is 101 Å². The van der Waals surface area contributed by atoms with Crippen molar-refractivity contribution in [1.29, 1.82) is 0 Å². The molecule has 192 valence electrons. The van der Waals surface area contributed by atoms with Crippen molar-refractivity contribution in [2.75, 3.05) is 5.32 Å². The average molecular weight is 556 g/mol. The zero-order valence-corrected chi connectivity index (χ0v) is 21.6. The zero-order valence-electron chi connectivity index (χ0n) is 20.1. The second-order valence-corrected chi connectivity index (χ2v) is 9.95. The van der Waals surface area contributed by atoms with Gasteiger partial charge < -0.3 is 20.0 Å². The van der Waals surface area contributed by atoms with E-state index in [0.29, 0.717) is 44.8 Å². The summed E-state index contributed by atoms with van der Waals surface area (Å²) in [6.07, 6.45) is 1.46.